The normalized spacial score (nSPS) is 11.8. The molecule has 0 heterocycles. The molecule has 1 atom stereocenters. The predicted molar refractivity (Wildman–Crippen MR) is 116 cm³/mol. The summed E-state index contributed by atoms with van der Waals surface area (Å²) in [7, 11) is 6.44. The van der Waals surface area contributed by atoms with Crippen LogP contribution in [-0.2, 0) is 4.74 Å². The lowest BCUT2D eigenvalue weighted by Crippen LogP contribution is -2.26. The Morgan fingerprint density at radius 1 is 1.00 bits per heavy atom. The zero-order chi connectivity index (χ0) is 19.2. The van der Waals surface area contributed by atoms with Gasteiger partial charge >= 0.3 is 0 Å². The molecule has 3 nitrogen and oxygen atoms in total. The van der Waals surface area contributed by atoms with E-state index in [0.717, 1.165) is 11.3 Å². The van der Waals surface area contributed by atoms with Crippen molar-refractivity contribution in [1.29, 1.82) is 0 Å². The summed E-state index contributed by atoms with van der Waals surface area (Å²) >= 11 is 0. The van der Waals surface area contributed by atoms with E-state index >= 15 is 0 Å². The zero-order valence-electron chi connectivity index (χ0n) is 16.5. The first-order valence-electron chi connectivity index (χ1n) is 8.80. The van der Waals surface area contributed by atoms with Crippen molar-refractivity contribution in [2.24, 2.45) is 5.41 Å². The van der Waals surface area contributed by atoms with Gasteiger partial charge in [0, 0.05) is 25.3 Å². The van der Waals surface area contributed by atoms with Crippen LogP contribution in [0.15, 0.2) is 42.5 Å². The molecule has 2 aromatic carbocycles. The average Bonchev–Trinajstić information content (AvgIpc) is 2.59. The minimum Gasteiger partial charge on any atom is -0.493 e. The van der Waals surface area contributed by atoms with E-state index in [2.05, 4.69) is 77.3 Å². The third-order valence-corrected chi connectivity index (χ3v) is 4.39. The molecule has 0 bridgehead atoms. The Morgan fingerprint density at radius 2 is 1.62 bits per heavy atom. The third kappa shape index (κ3) is 6.16. The van der Waals surface area contributed by atoms with E-state index in [1.54, 1.807) is 7.11 Å². The molecule has 0 aliphatic carbocycles. The Hall–Kier alpha value is -1.83. The molecule has 2 aromatic rings. The first-order chi connectivity index (χ1) is 12.3. The van der Waals surface area contributed by atoms with Crippen LogP contribution in [0.5, 0.6) is 5.75 Å². The minimum absolute atomic E-state index is 0.00239. The number of hydrogen-bond acceptors (Lipinski definition) is 3. The molecule has 0 amide bonds. The Labute approximate surface area is 160 Å². The van der Waals surface area contributed by atoms with E-state index in [0.29, 0.717) is 13.2 Å². The topological polar surface area (TPSA) is 21.7 Å². The highest BCUT2D eigenvalue weighted by Gasteiger charge is 2.18. The summed E-state index contributed by atoms with van der Waals surface area (Å²) in [5.41, 5.74) is 4.82. The van der Waals surface area contributed by atoms with Crippen LogP contribution in [0.3, 0.4) is 0 Å². The monoisotopic (exact) mass is 371 g/mol. The fraction of sp³-hybridized carbons (Fsp3) is 0.364. The maximum atomic E-state index is 5.88. The summed E-state index contributed by atoms with van der Waals surface area (Å²) in [6.45, 7) is 7.71. The summed E-state index contributed by atoms with van der Waals surface area (Å²) in [6.07, 6.45) is 4.26. The van der Waals surface area contributed by atoms with Gasteiger partial charge in [-0.2, -0.15) is 0 Å². The van der Waals surface area contributed by atoms with Gasteiger partial charge in [0.15, 0.2) is 0 Å². The molecule has 4 heteroatoms. The van der Waals surface area contributed by atoms with Crippen molar-refractivity contribution < 1.29 is 9.47 Å². The lowest BCUT2D eigenvalue weighted by atomic mass is 9.96. The molecule has 0 radical (unpaired) electrons. The molecule has 0 aliphatic rings. The van der Waals surface area contributed by atoms with Crippen molar-refractivity contribution >= 4 is 27.2 Å². The van der Waals surface area contributed by atoms with Gasteiger partial charge in [0.25, 0.3) is 0 Å². The van der Waals surface area contributed by atoms with Gasteiger partial charge in [0.1, 0.15) is 5.75 Å². The molecule has 26 heavy (non-hydrogen) atoms. The molecule has 140 valence electrons. The van der Waals surface area contributed by atoms with E-state index in [9.17, 15) is 0 Å². The Kier molecular flexibility index (Phi) is 7.25. The van der Waals surface area contributed by atoms with Crippen molar-refractivity contribution in [3.63, 3.8) is 0 Å². The van der Waals surface area contributed by atoms with Crippen LogP contribution >= 0.6 is 9.39 Å². The molecular formula is C22H30NO2P. The Bertz CT molecular complexity index is 736. The van der Waals surface area contributed by atoms with Gasteiger partial charge in [-0.15, -0.1) is 0 Å². The van der Waals surface area contributed by atoms with E-state index in [-0.39, 0.29) is 5.41 Å². The smallest absolute Gasteiger partial charge is 0.119 e. The van der Waals surface area contributed by atoms with Gasteiger partial charge in [-0.1, -0.05) is 44.2 Å². The maximum Gasteiger partial charge on any atom is 0.119 e. The van der Waals surface area contributed by atoms with Gasteiger partial charge < -0.3 is 14.1 Å². The van der Waals surface area contributed by atoms with Crippen LogP contribution in [0.25, 0.3) is 12.2 Å². The second-order valence-electron chi connectivity index (χ2n) is 7.45. The largest absolute Gasteiger partial charge is 0.493 e. The third-order valence-electron chi connectivity index (χ3n) is 4.11. The van der Waals surface area contributed by atoms with Crippen molar-refractivity contribution in [3.05, 3.63) is 59.2 Å². The van der Waals surface area contributed by atoms with Crippen molar-refractivity contribution in [3.8, 4) is 5.75 Å². The predicted octanol–water partition coefficient (Wildman–Crippen LogP) is 5.44. The summed E-state index contributed by atoms with van der Waals surface area (Å²) in [5, 5.41) is 0. The zero-order valence-corrected chi connectivity index (χ0v) is 17.6. The van der Waals surface area contributed by atoms with E-state index in [1.165, 1.54) is 16.8 Å². The van der Waals surface area contributed by atoms with E-state index < -0.39 is 0 Å². The molecule has 0 N–H and O–H groups in total. The molecule has 1 unspecified atom stereocenters. The Balaban J connectivity index is 1.98. The van der Waals surface area contributed by atoms with Crippen molar-refractivity contribution in [2.45, 2.75) is 20.8 Å². The average molecular weight is 371 g/mol. The van der Waals surface area contributed by atoms with E-state index in [1.807, 2.05) is 19.2 Å². The minimum atomic E-state index is 0.00239. The SMILES string of the molecule is COCC(C)(C)COc1ccc(/C=C/c2ccc(N(C)P)c(C)c2)cc1. The van der Waals surface area contributed by atoms with Crippen molar-refractivity contribution in [2.75, 3.05) is 32.0 Å². The highest BCUT2D eigenvalue weighted by atomic mass is 31.0. The van der Waals surface area contributed by atoms with Crippen LogP contribution < -0.4 is 9.41 Å². The van der Waals surface area contributed by atoms with Gasteiger partial charge in [-0.3, -0.25) is 0 Å². The second kappa shape index (κ2) is 9.21. The number of methoxy groups -OCH3 is 1. The quantitative estimate of drug-likeness (QED) is 0.455. The van der Waals surface area contributed by atoms with E-state index in [4.69, 9.17) is 9.47 Å². The lowest BCUT2D eigenvalue weighted by Gasteiger charge is -2.23. The van der Waals surface area contributed by atoms with Crippen LogP contribution in [0.4, 0.5) is 5.69 Å². The van der Waals surface area contributed by atoms with Crippen LogP contribution in [0.1, 0.15) is 30.5 Å². The van der Waals surface area contributed by atoms with Crippen LogP contribution in [0.2, 0.25) is 0 Å². The van der Waals surface area contributed by atoms with Crippen molar-refractivity contribution in [1.82, 2.24) is 0 Å². The van der Waals surface area contributed by atoms with Gasteiger partial charge in [0.2, 0.25) is 0 Å². The number of benzene rings is 2. The van der Waals surface area contributed by atoms with Crippen LogP contribution in [-0.4, -0.2) is 27.4 Å². The Morgan fingerprint density at radius 3 is 2.19 bits per heavy atom. The number of nitrogens with zero attached hydrogens (tertiary/aromatic N) is 1. The molecule has 0 saturated heterocycles. The number of anilines is 1. The highest BCUT2D eigenvalue weighted by molar-refractivity contribution is 7.19. The summed E-state index contributed by atoms with van der Waals surface area (Å²) < 4.78 is 13.2. The molecular weight excluding hydrogens is 341 g/mol. The molecule has 0 fully saturated rings. The first kappa shape index (κ1) is 20.5. The highest BCUT2D eigenvalue weighted by Crippen LogP contribution is 2.24. The molecule has 0 aliphatic heterocycles. The molecule has 0 saturated carbocycles. The lowest BCUT2D eigenvalue weighted by molar-refractivity contribution is 0.0644. The number of rotatable bonds is 8. The number of ether oxygens (including phenoxy) is 2. The maximum absolute atomic E-state index is 5.88. The molecule has 0 aromatic heterocycles. The first-order valence-corrected chi connectivity index (χ1v) is 9.31. The van der Waals surface area contributed by atoms with Gasteiger partial charge in [-0.05, 0) is 57.3 Å². The van der Waals surface area contributed by atoms with Gasteiger partial charge in [-0.25, -0.2) is 0 Å². The number of hydrogen-bond donors (Lipinski definition) is 0. The second-order valence-corrected chi connectivity index (χ2v) is 8.22. The van der Waals surface area contributed by atoms with Gasteiger partial charge in [0.05, 0.1) is 13.2 Å². The fourth-order valence-electron chi connectivity index (χ4n) is 2.76. The standard InChI is InChI=1S/C22H30NO2P/c1-17-14-19(10-13-21(17)23(4)26)7-6-18-8-11-20(12-9-18)25-16-22(2,3)15-24-5/h6-14H,15-16,26H2,1-5H3/b7-6+. The molecule has 0 spiro atoms. The summed E-state index contributed by atoms with van der Waals surface area (Å²) in [4.78, 5) is 0. The fourth-order valence-corrected chi connectivity index (χ4v) is 3.05. The van der Waals surface area contributed by atoms with Crippen LogP contribution in [0, 0.1) is 12.3 Å². The summed E-state index contributed by atoms with van der Waals surface area (Å²) in [6, 6.07) is 14.7. The molecule has 2 rings (SSSR count). The number of aryl methyl sites for hydroxylation is 1. The summed E-state index contributed by atoms with van der Waals surface area (Å²) in [5.74, 6) is 0.884.